The predicted octanol–water partition coefficient (Wildman–Crippen LogP) is 1.67. The number of urea groups is 1. The van der Waals surface area contributed by atoms with Gasteiger partial charge in [0.2, 0.25) is 5.91 Å². The number of carbonyl (C=O) groups is 2. The third-order valence-corrected chi connectivity index (χ3v) is 6.95. The lowest BCUT2D eigenvalue weighted by Crippen LogP contribution is -2.58. The smallest absolute Gasteiger partial charge is 0.338 e. The van der Waals surface area contributed by atoms with Crippen LogP contribution in [-0.4, -0.2) is 87.0 Å². The summed E-state index contributed by atoms with van der Waals surface area (Å²) in [5.74, 6) is 0.0564. The quantitative estimate of drug-likeness (QED) is 0.630. The molecule has 3 heterocycles. The Balaban J connectivity index is 1.33. The van der Waals surface area contributed by atoms with Gasteiger partial charge in [0.25, 0.3) is 0 Å². The van der Waals surface area contributed by atoms with Gasteiger partial charge in [0.15, 0.2) is 0 Å². The van der Waals surface area contributed by atoms with E-state index in [2.05, 4.69) is 34.3 Å². The molecule has 0 saturated carbocycles. The van der Waals surface area contributed by atoms with Crippen molar-refractivity contribution in [2.24, 2.45) is 5.73 Å². The average Bonchev–Trinajstić information content (AvgIpc) is 3.39. The van der Waals surface area contributed by atoms with Gasteiger partial charge in [-0.15, -0.1) is 0 Å². The second kappa shape index (κ2) is 10.8. The molecule has 36 heavy (non-hydrogen) atoms. The molecule has 194 valence electrons. The Labute approximate surface area is 212 Å². The third kappa shape index (κ3) is 6.11. The molecule has 10 nitrogen and oxygen atoms in total. The minimum atomic E-state index is -0.940. The minimum absolute atomic E-state index is 0.137. The largest absolute Gasteiger partial charge is 0.354 e. The van der Waals surface area contributed by atoms with Gasteiger partial charge in [-0.2, -0.15) is 4.98 Å². The van der Waals surface area contributed by atoms with Gasteiger partial charge >= 0.3 is 11.7 Å². The van der Waals surface area contributed by atoms with Crippen LogP contribution in [0.5, 0.6) is 0 Å². The van der Waals surface area contributed by atoms with Crippen LogP contribution in [0.4, 0.5) is 10.6 Å². The zero-order chi connectivity index (χ0) is 25.9. The van der Waals surface area contributed by atoms with E-state index in [4.69, 9.17) is 5.73 Å². The first-order valence-corrected chi connectivity index (χ1v) is 12.7. The van der Waals surface area contributed by atoms with Gasteiger partial charge in [-0.25, -0.2) is 9.59 Å². The van der Waals surface area contributed by atoms with Gasteiger partial charge in [0, 0.05) is 38.4 Å². The molecule has 3 N–H and O–H groups in total. The summed E-state index contributed by atoms with van der Waals surface area (Å²) in [6.45, 7) is 9.54. The highest BCUT2D eigenvalue weighted by Crippen LogP contribution is 2.17. The van der Waals surface area contributed by atoms with Crippen molar-refractivity contribution in [1.82, 2.24) is 24.3 Å². The molecular weight excluding hydrogens is 458 g/mol. The standard InChI is InChI=1S/C26H37N7O3/c1-19(30-11-4-5-12-30)18-20-6-8-21(9-7-20)33-13-10-22(29-25(33)36)28-24(35)32-16-14-31(15-17-32)23(34)26(2,3)27/h6-10,13,19H,4-5,11-12,14-18,27H2,1-3H3,(H,28,29,35,36). The monoisotopic (exact) mass is 495 g/mol. The molecular formula is C26H37N7O3. The van der Waals surface area contributed by atoms with Crippen LogP contribution in [0.15, 0.2) is 41.3 Å². The number of nitrogens with one attached hydrogen (secondary N) is 1. The fourth-order valence-corrected chi connectivity index (χ4v) is 4.82. The minimum Gasteiger partial charge on any atom is -0.338 e. The highest BCUT2D eigenvalue weighted by atomic mass is 16.2. The van der Waals surface area contributed by atoms with E-state index in [1.165, 1.54) is 36.1 Å². The third-order valence-electron chi connectivity index (χ3n) is 6.95. The van der Waals surface area contributed by atoms with E-state index in [0.29, 0.717) is 32.2 Å². The lowest BCUT2D eigenvalue weighted by atomic mass is 10.1. The summed E-state index contributed by atoms with van der Waals surface area (Å²) in [6, 6.07) is 9.73. The first-order chi connectivity index (χ1) is 17.1. The van der Waals surface area contributed by atoms with Crippen LogP contribution in [0.25, 0.3) is 5.69 Å². The van der Waals surface area contributed by atoms with Crippen LogP contribution < -0.4 is 16.7 Å². The Morgan fingerprint density at radius 1 is 1.00 bits per heavy atom. The Kier molecular flexibility index (Phi) is 7.75. The maximum atomic E-state index is 12.7. The summed E-state index contributed by atoms with van der Waals surface area (Å²) in [4.78, 5) is 47.5. The summed E-state index contributed by atoms with van der Waals surface area (Å²) < 4.78 is 1.46. The van der Waals surface area contributed by atoms with Crippen LogP contribution in [0.2, 0.25) is 0 Å². The van der Waals surface area contributed by atoms with Gasteiger partial charge < -0.3 is 20.4 Å². The summed E-state index contributed by atoms with van der Waals surface area (Å²) in [6.07, 6.45) is 5.15. The molecule has 1 atom stereocenters. The Morgan fingerprint density at radius 3 is 2.19 bits per heavy atom. The summed E-state index contributed by atoms with van der Waals surface area (Å²) in [5.41, 5.74) is 6.46. The van der Waals surface area contributed by atoms with E-state index in [0.717, 1.165) is 12.1 Å². The molecule has 1 unspecified atom stereocenters. The van der Waals surface area contributed by atoms with Crippen molar-refractivity contribution in [3.05, 3.63) is 52.6 Å². The molecule has 1 aromatic carbocycles. The van der Waals surface area contributed by atoms with Crippen molar-refractivity contribution in [1.29, 1.82) is 0 Å². The number of carbonyl (C=O) groups excluding carboxylic acids is 2. The maximum Gasteiger partial charge on any atom is 0.354 e. The van der Waals surface area contributed by atoms with E-state index >= 15 is 0 Å². The number of benzene rings is 1. The molecule has 0 radical (unpaired) electrons. The van der Waals surface area contributed by atoms with Crippen molar-refractivity contribution in [3.63, 3.8) is 0 Å². The number of rotatable bonds is 6. The number of aromatic nitrogens is 2. The normalized spacial score (nSPS) is 17.8. The van der Waals surface area contributed by atoms with Crippen LogP contribution in [0, 0.1) is 0 Å². The van der Waals surface area contributed by atoms with Gasteiger partial charge in [-0.05, 0) is 76.9 Å². The maximum absolute atomic E-state index is 12.7. The van der Waals surface area contributed by atoms with Crippen LogP contribution in [-0.2, 0) is 11.2 Å². The summed E-state index contributed by atoms with van der Waals surface area (Å²) in [7, 11) is 0. The van der Waals surface area contributed by atoms with Crippen LogP contribution in [0.3, 0.4) is 0 Å². The van der Waals surface area contributed by atoms with Crippen molar-refractivity contribution in [2.75, 3.05) is 44.6 Å². The van der Waals surface area contributed by atoms with Crippen molar-refractivity contribution in [2.45, 2.75) is 51.6 Å². The molecule has 2 aliphatic heterocycles. The zero-order valence-corrected chi connectivity index (χ0v) is 21.4. The Hall–Kier alpha value is -3.24. The zero-order valence-electron chi connectivity index (χ0n) is 21.4. The molecule has 2 aliphatic rings. The molecule has 2 fully saturated rings. The molecule has 2 saturated heterocycles. The second-order valence-electron chi connectivity index (χ2n) is 10.4. The molecule has 3 amide bonds. The van der Waals surface area contributed by atoms with Gasteiger partial charge in [0.1, 0.15) is 5.82 Å². The molecule has 4 rings (SSSR count). The highest BCUT2D eigenvalue weighted by molar-refractivity contribution is 5.89. The predicted molar refractivity (Wildman–Crippen MR) is 139 cm³/mol. The topological polar surface area (TPSA) is 117 Å². The van der Waals surface area contributed by atoms with Gasteiger partial charge in [-0.3, -0.25) is 14.7 Å². The van der Waals surface area contributed by atoms with Crippen molar-refractivity contribution >= 4 is 17.8 Å². The molecule has 0 bridgehead atoms. The first kappa shape index (κ1) is 25.8. The van der Waals surface area contributed by atoms with E-state index in [9.17, 15) is 14.4 Å². The number of nitrogens with two attached hydrogens (primary N) is 1. The Bertz CT molecular complexity index is 1130. The number of nitrogens with zero attached hydrogens (tertiary/aromatic N) is 5. The van der Waals surface area contributed by atoms with Crippen molar-refractivity contribution < 1.29 is 9.59 Å². The molecule has 1 aromatic heterocycles. The lowest BCUT2D eigenvalue weighted by Gasteiger charge is -2.37. The highest BCUT2D eigenvalue weighted by Gasteiger charge is 2.31. The number of likely N-dealkylation sites (tertiary alicyclic amines) is 1. The SMILES string of the molecule is CC(Cc1ccc(-n2ccc(NC(=O)N3CCN(C(=O)C(C)(C)N)CC3)nc2=O)cc1)N1CCCC1. The van der Waals surface area contributed by atoms with E-state index in [1.807, 2.05) is 12.1 Å². The van der Waals surface area contributed by atoms with Gasteiger partial charge in [0.05, 0.1) is 11.2 Å². The number of hydrogen-bond acceptors (Lipinski definition) is 6. The first-order valence-electron chi connectivity index (χ1n) is 12.7. The fraction of sp³-hybridized carbons (Fsp3) is 0.538. The van der Waals surface area contributed by atoms with Crippen LogP contribution >= 0.6 is 0 Å². The van der Waals surface area contributed by atoms with E-state index in [1.54, 1.807) is 35.9 Å². The number of anilines is 1. The van der Waals surface area contributed by atoms with Crippen molar-refractivity contribution in [3.8, 4) is 5.69 Å². The number of hydrogen-bond donors (Lipinski definition) is 2. The summed E-state index contributed by atoms with van der Waals surface area (Å²) in [5, 5.41) is 2.69. The lowest BCUT2D eigenvalue weighted by molar-refractivity contribution is -0.137. The number of amides is 3. The fourth-order valence-electron chi connectivity index (χ4n) is 4.82. The average molecular weight is 496 g/mol. The Morgan fingerprint density at radius 2 is 1.61 bits per heavy atom. The second-order valence-corrected chi connectivity index (χ2v) is 10.4. The molecule has 10 heteroatoms. The summed E-state index contributed by atoms with van der Waals surface area (Å²) >= 11 is 0. The number of piperazine rings is 1. The molecule has 0 aliphatic carbocycles. The van der Waals surface area contributed by atoms with E-state index < -0.39 is 11.2 Å². The van der Waals surface area contributed by atoms with E-state index in [-0.39, 0.29) is 17.8 Å². The van der Waals surface area contributed by atoms with Gasteiger partial charge in [-0.1, -0.05) is 12.1 Å². The molecule has 0 spiro atoms. The molecule has 2 aromatic rings. The van der Waals surface area contributed by atoms with Crippen LogP contribution in [0.1, 0.15) is 39.2 Å².